The Labute approximate surface area is 207 Å². The van der Waals surface area contributed by atoms with Gasteiger partial charge in [0.25, 0.3) is 11.8 Å². The third-order valence-electron chi connectivity index (χ3n) is 5.89. The van der Waals surface area contributed by atoms with Crippen LogP contribution < -0.4 is 20.1 Å². The van der Waals surface area contributed by atoms with Crippen LogP contribution in [0.4, 0.5) is 10.5 Å². The number of carbonyl (C=O) groups is 4. The van der Waals surface area contributed by atoms with Gasteiger partial charge in [-0.15, -0.1) is 0 Å². The van der Waals surface area contributed by atoms with Gasteiger partial charge in [0, 0.05) is 23.9 Å². The van der Waals surface area contributed by atoms with Crippen molar-refractivity contribution >= 4 is 40.3 Å². The third kappa shape index (κ3) is 4.92. The summed E-state index contributed by atoms with van der Waals surface area (Å²) in [7, 11) is 2.95. The van der Waals surface area contributed by atoms with Gasteiger partial charge in [-0.2, -0.15) is 0 Å². The standard InChI is InChI=1S/C26H25N3O7/c1-26(18-9-8-16-6-4-5-7-17(16)10-18)24(32)29(25(33)28-26)14-23(31)36-15-22(30)27-19-11-20(34-2)13-21(12-19)35-3/h4-13H,14-15H2,1-3H3,(H,27,30)(H,28,33)/t26-/m0/s1. The van der Waals surface area contributed by atoms with Gasteiger partial charge in [-0.05, 0) is 29.3 Å². The Kier molecular flexibility index (Phi) is 6.77. The van der Waals surface area contributed by atoms with Gasteiger partial charge in [0.05, 0.1) is 14.2 Å². The molecule has 1 heterocycles. The average Bonchev–Trinajstić information content (AvgIpc) is 3.10. The molecule has 0 unspecified atom stereocenters. The molecule has 0 saturated carbocycles. The predicted molar refractivity (Wildman–Crippen MR) is 131 cm³/mol. The van der Waals surface area contributed by atoms with Gasteiger partial charge in [0.2, 0.25) is 0 Å². The van der Waals surface area contributed by atoms with Crippen molar-refractivity contribution in [3.8, 4) is 11.5 Å². The largest absolute Gasteiger partial charge is 0.497 e. The molecule has 0 aromatic heterocycles. The minimum absolute atomic E-state index is 0.382. The van der Waals surface area contributed by atoms with Crippen LogP contribution in [0.1, 0.15) is 12.5 Å². The van der Waals surface area contributed by atoms with E-state index in [9.17, 15) is 19.2 Å². The van der Waals surface area contributed by atoms with Crippen LogP contribution in [0.15, 0.2) is 60.7 Å². The Morgan fingerprint density at radius 3 is 2.28 bits per heavy atom. The summed E-state index contributed by atoms with van der Waals surface area (Å²) in [4.78, 5) is 51.1. The van der Waals surface area contributed by atoms with E-state index in [2.05, 4.69) is 10.6 Å². The second-order valence-electron chi connectivity index (χ2n) is 8.32. The van der Waals surface area contributed by atoms with Crippen molar-refractivity contribution in [2.24, 2.45) is 0 Å². The number of benzene rings is 3. The molecule has 186 valence electrons. The Balaban J connectivity index is 1.37. The highest BCUT2D eigenvalue weighted by molar-refractivity contribution is 6.09. The lowest BCUT2D eigenvalue weighted by Gasteiger charge is -2.22. The molecular weight excluding hydrogens is 466 g/mol. The molecule has 0 radical (unpaired) electrons. The van der Waals surface area contributed by atoms with E-state index in [0.29, 0.717) is 22.7 Å². The van der Waals surface area contributed by atoms with Gasteiger partial charge in [0.15, 0.2) is 6.61 Å². The number of methoxy groups -OCH3 is 2. The number of rotatable bonds is 8. The molecular formula is C26H25N3O7. The molecule has 1 aliphatic heterocycles. The third-order valence-corrected chi connectivity index (χ3v) is 5.89. The number of carbonyl (C=O) groups excluding carboxylic acids is 4. The Morgan fingerprint density at radius 1 is 0.944 bits per heavy atom. The second-order valence-corrected chi connectivity index (χ2v) is 8.32. The molecule has 36 heavy (non-hydrogen) atoms. The normalized spacial score (nSPS) is 17.0. The van der Waals surface area contributed by atoms with Gasteiger partial charge in [0.1, 0.15) is 23.6 Å². The fourth-order valence-electron chi connectivity index (χ4n) is 3.93. The van der Waals surface area contributed by atoms with Crippen molar-refractivity contribution in [2.45, 2.75) is 12.5 Å². The van der Waals surface area contributed by atoms with E-state index in [-0.39, 0.29) is 0 Å². The first-order valence-electron chi connectivity index (χ1n) is 11.1. The Bertz CT molecular complexity index is 1330. The monoisotopic (exact) mass is 491 g/mol. The van der Waals surface area contributed by atoms with Crippen LogP contribution in [-0.2, 0) is 24.7 Å². The van der Waals surface area contributed by atoms with Crippen molar-refractivity contribution in [3.63, 3.8) is 0 Å². The Hall–Kier alpha value is -4.60. The van der Waals surface area contributed by atoms with E-state index in [1.165, 1.54) is 14.2 Å². The van der Waals surface area contributed by atoms with Crippen LogP contribution >= 0.6 is 0 Å². The molecule has 10 nitrogen and oxygen atoms in total. The molecule has 1 saturated heterocycles. The molecule has 1 fully saturated rings. The van der Waals surface area contributed by atoms with Crippen LogP contribution in [0.2, 0.25) is 0 Å². The van der Waals surface area contributed by atoms with Gasteiger partial charge in [-0.1, -0.05) is 36.4 Å². The summed E-state index contributed by atoms with van der Waals surface area (Å²) in [6.07, 6.45) is 0. The molecule has 0 bridgehead atoms. The van der Waals surface area contributed by atoms with E-state index < -0.39 is 42.5 Å². The fourth-order valence-corrected chi connectivity index (χ4v) is 3.93. The number of nitrogens with one attached hydrogen (secondary N) is 2. The summed E-state index contributed by atoms with van der Waals surface area (Å²) in [6, 6.07) is 17.2. The SMILES string of the molecule is COc1cc(NC(=O)COC(=O)CN2C(=O)N[C@@](C)(c3ccc4ccccc4c3)C2=O)cc(OC)c1. The molecule has 1 atom stereocenters. The number of esters is 1. The van der Waals surface area contributed by atoms with Gasteiger partial charge < -0.3 is 24.8 Å². The summed E-state index contributed by atoms with van der Waals surface area (Å²) in [5, 5.41) is 7.14. The van der Waals surface area contributed by atoms with Crippen LogP contribution in [0.3, 0.4) is 0 Å². The number of hydrogen-bond donors (Lipinski definition) is 2. The second kappa shape index (κ2) is 9.95. The zero-order chi connectivity index (χ0) is 25.9. The van der Waals surface area contributed by atoms with E-state index in [1.807, 2.05) is 36.4 Å². The first kappa shape index (κ1) is 24.5. The number of fused-ring (bicyclic) bond motifs is 1. The molecule has 3 aromatic carbocycles. The number of imide groups is 1. The topological polar surface area (TPSA) is 123 Å². The lowest BCUT2D eigenvalue weighted by atomic mass is 9.90. The van der Waals surface area contributed by atoms with Crippen molar-refractivity contribution in [1.82, 2.24) is 10.2 Å². The number of anilines is 1. The fraction of sp³-hybridized carbons (Fsp3) is 0.231. The zero-order valence-corrected chi connectivity index (χ0v) is 20.0. The van der Waals surface area contributed by atoms with Crippen LogP contribution in [0.25, 0.3) is 10.8 Å². The average molecular weight is 492 g/mol. The molecule has 1 aliphatic rings. The molecule has 4 amide bonds. The number of nitrogens with zero attached hydrogens (tertiary/aromatic N) is 1. The summed E-state index contributed by atoms with van der Waals surface area (Å²) in [5.74, 6) is -1.17. The molecule has 0 spiro atoms. The van der Waals surface area contributed by atoms with E-state index in [1.54, 1.807) is 31.2 Å². The highest BCUT2D eigenvalue weighted by atomic mass is 16.5. The summed E-state index contributed by atoms with van der Waals surface area (Å²) >= 11 is 0. The number of ether oxygens (including phenoxy) is 3. The van der Waals surface area contributed by atoms with Crippen LogP contribution in [0.5, 0.6) is 11.5 Å². The van der Waals surface area contributed by atoms with Crippen LogP contribution in [-0.4, -0.2) is 56.1 Å². The summed E-state index contributed by atoms with van der Waals surface area (Å²) < 4.78 is 15.3. The number of hydrogen-bond acceptors (Lipinski definition) is 7. The summed E-state index contributed by atoms with van der Waals surface area (Å²) in [6.45, 7) is 0.344. The van der Waals surface area contributed by atoms with Gasteiger partial charge in [-0.25, -0.2) is 4.79 Å². The van der Waals surface area contributed by atoms with Gasteiger partial charge >= 0.3 is 12.0 Å². The molecule has 0 aliphatic carbocycles. The quantitative estimate of drug-likeness (QED) is 0.367. The highest BCUT2D eigenvalue weighted by Crippen LogP contribution is 2.31. The zero-order valence-electron chi connectivity index (χ0n) is 20.0. The van der Waals surface area contributed by atoms with E-state index in [4.69, 9.17) is 14.2 Å². The van der Waals surface area contributed by atoms with Crippen molar-refractivity contribution in [2.75, 3.05) is 32.7 Å². The first-order chi connectivity index (χ1) is 17.2. The maximum absolute atomic E-state index is 13.1. The summed E-state index contributed by atoms with van der Waals surface area (Å²) in [5.41, 5.74) is -0.375. The minimum Gasteiger partial charge on any atom is -0.497 e. The minimum atomic E-state index is -1.34. The number of amides is 4. The van der Waals surface area contributed by atoms with Crippen LogP contribution in [0, 0.1) is 0 Å². The maximum atomic E-state index is 13.1. The van der Waals surface area contributed by atoms with E-state index in [0.717, 1.165) is 15.7 Å². The maximum Gasteiger partial charge on any atom is 0.326 e. The lowest BCUT2D eigenvalue weighted by molar-refractivity contribution is -0.150. The van der Waals surface area contributed by atoms with Crippen molar-refractivity contribution in [3.05, 3.63) is 66.2 Å². The first-order valence-corrected chi connectivity index (χ1v) is 11.1. The smallest absolute Gasteiger partial charge is 0.326 e. The van der Waals surface area contributed by atoms with Gasteiger partial charge in [-0.3, -0.25) is 19.3 Å². The molecule has 2 N–H and O–H groups in total. The molecule has 4 rings (SSSR count). The predicted octanol–water partition coefficient (Wildman–Crippen LogP) is 2.81. The van der Waals surface area contributed by atoms with Crippen molar-refractivity contribution in [1.29, 1.82) is 0 Å². The van der Waals surface area contributed by atoms with E-state index >= 15 is 0 Å². The van der Waals surface area contributed by atoms with Crippen molar-refractivity contribution < 1.29 is 33.4 Å². The Morgan fingerprint density at radius 2 is 1.61 bits per heavy atom. The number of urea groups is 1. The highest BCUT2D eigenvalue weighted by Gasteiger charge is 2.49. The molecule has 3 aromatic rings. The lowest BCUT2D eigenvalue weighted by Crippen LogP contribution is -2.41. The molecule has 10 heteroatoms.